The second-order valence-electron chi connectivity index (χ2n) is 5.37. The van der Waals surface area contributed by atoms with Gasteiger partial charge in [-0.05, 0) is 18.6 Å². The van der Waals surface area contributed by atoms with E-state index in [4.69, 9.17) is 9.72 Å². The lowest BCUT2D eigenvalue weighted by Crippen LogP contribution is -2.37. The summed E-state index contributed by atoms with van der Waals surface area (Å²) in [5.41, 5.74) is 2.28. The second-order valence-corrected chi connectivity index (χ2v) is 5.37. The summed E-state index contributed by atoms with van der Waals surface area (Å²) >= 11 is 0. The highest BCUT2D eigenvalue weighted by molar-refractivity contribution is 5.63. The van der Waals surface area contributed by atoms with Crippen molar-refractivity contribution in [2.45, 2.75) is 13.3 Å². The first kappa shape index (κ1) is 14.8. The van der Waals surface area contributed by atoms with Crippen LogP contribution in [-0.4, -0.2) is 43.3 Å². The summed E-state index contributed by atoms with van der Waals surface area (Å²) < 4.78 is 5.41. The van der Waals surface area contributed by atoms with E-state index in [2.05, 4.69) is 40.9 Å². The fourth-order valence-corrected chi connectivity index (χ4v) is 2.62. The van der Waals surface area contributed by atoms with E-state index < -0.39 is 0 Å². The molecule has 0 bridgehead atoms. The van der Waals surface area contributed by atoms with Crippen molar-refractivity contribution < 1.29 is 4.74 Å². The molecule has 1 aliphatic rings. The zero-order valence-electron chi connectivity index (χ0n) is 13.2. The first-order valence-corrected chi connectivity index (χ1v) is 7.77. The Hall–Kier alpha value is -2.14. The smallest absolute Gasteiger partial charge is 0.227 e. The predicted octanol–water partition coefficient (Wildman–Crippen LogP) is 2.64. The van der Waals surface area contributed by atoms with E-state index in [-0.39, 0.29) is 0 Å². The maximum absolute atomic E-state index is 5.41. The van der Waals surface area contributed by atoms with E-state index in [1.54, 1.807) is 0 Å². The quantitative estimate of drug-likeness (QED) is 0.868. The molecule has 5 nitrogen and oxygen atoms in total. The molecule has 0 unspecified atom stereocenters. The van der Waals surface area contributed by atoms with Crippen molar-refractivity contribution in [3.05, 3.63) is 42.1 Å². The number of para-hydroxylation sites is 1. The predicted molar refractivity (Wildman–Crippen MR) is 88.9 cm³/mol. The van der Waals surface area contributed by atoms with Gasteiger partial charge in [0.2, 0.25) is 5.95 Å². The van der Waals surface area contributed by atoms with E-state index in [1.807, 2.05) is 24.4 Å². The molecule has 1 aromatic carbocycles. The van der Waals surface area contributed by atoms with Crippen LogP contribution in [0.15, 0.2) is 36.5 Å². The van der Waals surface area contributed by atoms with Gasteiger partial charge in [-0.2, -0.15) is 4.98 Å². The fraction of sp³-hybridized carbons (Fsp3) is 0.412. The summed E-state index contributed by atoms with van der Waals surface area (Å²) in [4.78, 5) is 13.7. The molecular weight excluding hydrogens is 276 g/mol. The van der Waals surface area contributed by atoms with Crippen molar-refractivity contribution in [1.82, 2.24) is 9.97 Å². The van der Waals surface area contributed by atoms with Gasteiger partial charge in [-0.25, -0.2) is 4.98 Å². The summed E-state index contributed by atoms with van der Waals surface area (Å²) in [5.74, 6) is 1.77. The fourth-order valence-electron chi connectivity index (χ4n) is 2.62. The molecule has 116 valence electrons. The van der Waals surface area contributed by atoms with Crippen molar-refractivity contribution in [3.63, 3.8) is 0 Å². The van der Waals surface area contributed by atoms with Crippen LogP contribution in [0.1, 0.15) is 12.5 Å². The van der Waals surface area contributed by atoms with E-state index in [1.165, 1.54) is 0 Å². The normalized spacial score (nSPS) is 14.9. The number of rotatable bonds is 4. The SMILES string of the molecule is CCc1cnc(N2CCOCC2)nc1N(C)c1ccccc1. The zero-order chi connectivity index (χ0) is 15.4. The molecule has 0 spiro atoms. The third-order valence-electron chi connectivity index (χ3n) is 3.96. The molecule has 0 aliphatic carbocycles. The lowest BCUT2D eigenvalue weighted by molar-refractivity contribution is 0.122. The summed E-state index contributed by atoms with van der Waals surface area (Å²) in [7, 11) is 2.06. The average Bonchev–Trinajstić information content (AvgIpc) is 2.62. The molecule has 5 heteroatoms. The highest BCUT2D eigenvalue weighted by Crippen LogP contribution is 2.26. The molecular formula is C17H22N4O. The topological polar surface area (TPSA) is 41.5 Å². The number of hydrogen-bond acceptors (Lipinski definition) is 5. The second kappa shape index (κ2) is 6.75. The van der Waals surface area contributed by atoms with E-state index in [0.29, 0.717) is 0 Å². The molecule has 0 saturated carbocycles. The number of hydrogen-bond donors (Lipinski definition) is 0. The van der Waals surface area contributed by atoms with Crippen molar-refractivity contribution in [2.75, 3.05) is 43.2 Å². The summed E-state index contributed by atoms with van der Waals surface area (Å²) in [6, 6.07) is 10.3. The minimum absolute atomic E-state index is 0.739. The third kappa shape index (κ3) is 3.04. The van der Waals surface area contributed by atoms with Crippen molar-refractivity contribution in [3.8, 4) is 0 Å². The van der Waals surface area contributed by atoms with E-state index >= 15 is 0 Å². The molecule has 1 aromatic heterocycles. The van der Waals surface area contributed by atoms with Gasteiger partial charge in [0.05, 0.1) is 13.2 Å². The van der Waals surface area contributed by atoms with Crippen LogP contribution in [0.5, 0.6) is 0 Å². The van der Waals surface area contributed by atoms with Crippen LogP contribution in [0, 0.1) is 0 Å². The Morgan fingerprint density at radius 2 is 1.91 bits per heavy atom. The Morgan fingerprint density at radius 3 is 2.59 bits per heavy atom. The van der Waals surface area contributed by atoms with Gasteiger partial charge in [0.15, 0.2) is 0 Å². The van der Waals surface area contributed by atoms with Gasteiger partial charge in [0, 0.05) is 37.6 Å². The molecule has 1 fully saturated rings. The van der Waals surface area contributed by atoms with Crippen LogP contribution in [-0.2, 0) is 11.2 Å². The Morgan fingerprint density at radius 1 is 1.18 bits per heavy atom. The lowest BCUT2D eigenvalue weighted by atomic mass is 10.2. The van der Waals surface area contributed by atoms with E-state index in [9.17, 15) is 0 Å². The largest absolute Gasteiger partial charge is 0.378 e. The van der Waals surface area contributed by atoms with Gasteiger partial charge < -0.3 is 14.5 Å². The van der Waals surface area contributed by atoms with Gasteiger partial charge in [-0.3, -0.25) is 0 Å². The van der Waals surface area contributed by atoms with Crippen LogP contribution < -0.4 is 9.80 Å². The molecule has 22 heavy (non-hydrogen) atoms. The Labute approximate surface area is 131 Å². The number of aromatic nitrogens is 2. The maximum atomic E-state index is 5.41. The number of benzene rings is 1. The summed E-state index contributed by atoms with van der Waals surface area (Å²) in [6.07, 6.45) is 2.86. The number of ether oxygens (including phenoxy) is 1. The molecule has 0 N–H and O–H groups in total. The standard InChI is InChI=1S/C17H22N4O/c1-3-14-13-18-17(21-9-11-22-12-10-21)19-16(14)20(2)15-7-5-4-6-8-15/h4-8,13H,3,9-12H2,1-2H3. The van der Waals surface area contributed by atoms with Crippen molar-refractivity contribution in [1.29, 1.82) is 0 Å². The minimum Gasteiger partial charge on any atom is -0.378 e. The Balaban J connectivity index is 1.94. The van der Waals surface area contributed by atoms with Gasteiger partial charge in [-0.15, -0.1) is 0 Å². The molecule has 3 rings (SSSR count). The van der Waals surface area contributed by atoms with Crippen LogP contribution >= 0.6 is 0 Å². The van der Waals surface area contributed by atoms with Crippen LogP contribution in [0.4, 0.5) is 17.5 Å². The molecule has 1 saturated heterocycles. The number of nitrogens with zero attached hydrogens (tertiary/aromatic N) is 4. The average molecular weight is 298 g/mol. The van der Waals surface area contributed by atoms with E-state index in [0.717, 1.165) is 55.7 Å². The van der Waals surface area contributed by atoms with Gasteiger partial charge >= 0.3 is 0 Å². The maximum Gasteiger partial charge on any atom is 0.227 e. The minimum atomic E-state index is 0.739. The first-order valence-electron chi connectivity index (χ1n) is 7.77. The molecule has 0 radical (unpaired) electrons. The Kier molecular flexibility index (Phi) is 4.53. The van der Waals surface area contributed by atoms with Crippen LogP contribution in [0.3, 0.4) is 0 Å². The summed E-state index contributed by atoms with van der Waals surface area (Å²) in [5, 5.41) is 0. The number of aryl methyl sites for hydroxylation is 1. The van der Waals surface area contributed by atoms with Crippen LogP contribution in [0.25, 0.3) is 0 Å². The van der Waals surface area contributed by atoms with Gasteiger partial charge in [0.1, 0.15) is 5.82 Å². The molecule has 1 aliphatic heterocycles. The van der Waals surface area contributed by atoms with Crippen molar-refractivity contribution >= 4 is 17.5 Å². The van der Waals surface area contributed by atoms with Crippen molar-refractivity contribution in [2.24, 2.45) is 0 Å². The lowest BCUT2D eigenvalue weighted by Gasteiger charge is -2.28. The van der Waals surface area contributed by atoms with Gasteiger partial charge in [-0.1, -0.05) is 25.1 Å². The first-order chi connectivity index (χ1) is 10.8. The molecule has 2 aromatic rings. The highest BCUT2D eigenvalue weighted by atomic mass is 16.5. The summed E-state index contributed by atoms with van der Waals surface area (Å²) in [6.45, 7) is 5.31. The molecule has 0 atom stereocenters. The highest BCUT2D eigenvalue weighted by Gasteiger charge is 2.17. The zero-order valence-corrected chi connectivity index (χ0v) is 13.2. The third-order valence-corrected chi connectivity index (χ3v) is 3.96. The number of anilines is 3. The monoisotopic (exact) mass is 298 g/mol. The van der Waals surface area contributed by atoms with Gasteiger partial charge in [0.25, 0.3) is 0 Å². The van der Waals surface area contributed by atoms with Crippen LogP contribution in [0.2, 0.25) is 0 Å². The molecule has 0 amide bonds. The molecule has 2 heterocycles. The Bertz CT molecular complexity index is 611. The number of morpholine rings is 1.